The number of carbonyl (C=O) groups excluding carboxylic acids is 2. The highest BCUT2D eigenvalue weighted by Gasteiger charge is 2.06. The van der Waals surface area contributed by atoms with Gasteiger partial charge < -0.3 is 10.1 Å². The third kappa shape index (κ3) is 3.92. The summed E-state index contributed by atoms with van der Waals surface area (Å²) in [6.07, 6.45) is 0. The van der Waals surface area contributed by atoms with E-state index in [9.17, 15) is 9.59 Å². The van der Waals surface area contributed by atoms with Gasteiger partial charge in [-0.05, 0) is 42.3 Å². The Kier molecular flexibility index (Phi) is 4.72. The first-order chi connectivity index (χ1) is 10.1. The molecule has 1 amide bonds. The topological polar surface area (TPSA) is 55.4 Å². The number of nitrogens with one attached hydrogen (secondary N) is 1. The number of benzene rings is 2. The molecule has 4 nitrogen and oxygen atoms in total. The first kappa shape index (κ1) is 14.8. The van der Waals surface area contributed by atoms with Crippen molar-refractivity contribution in [2.75, 3.05) is 11.9 Å². The van der Waals surface area contributed by atoms with Crippen molar-refractivity contribution >= 4 is 17.6 Å². The first-order valence-electron chi connectivity index (χ1n) is 6.75. The monoisotopic (exact) mass is 283 g/mol. The van der Waals surface area contributed by atoms with Crippen LogP contribution >= 0.6 is 0 Å². The fourth-order valence-electron chi connectivity index (χ4n) is 1.99. The molecule has 4 heteroatoms. The van der Waals surface area contributed by atoms with Crippen LogP contribution in [-0.4, -0.2) is 18.5 Å². The number of ether oxygens (including phenoxy) is 1. The highest BCUT2D eigenvalue weighted by molar-refractivity contribution is 5.91. The summed E-state index contributed by atoms with van der Waals surface area (Å²) >= 11 is 0. The summed E-state index contributed by atoms with van der Waals surface area (Å²) in [6, 6.07) is 14.7. The van der Waals surface area contributed by atoms with Crippen molar-refractivity contribution in [1.29, 1.82) is 0 Å². The van der Waals surface area contributed by atoms with E-state index in [1.165, 1.54) is 6.92 Å². The highest BCUT2D eigenvalue weighted by Crippen LogP contribution is 2.23. The van der Waals surface area contributed by atoms with E-state index in [2.05, 4.69) is 5.32 Å². The van der Waals surface area contributed by atoms with Crippen molar-refractivity contribution in [2.24, 2.45) is 0 Å². The molecule has 0 atom stereocenters. The van der Waals surface area contributed by atoms with Crippen LogP contribution in [0.15, 0.2) is 48.5 Å². The molecule has 0 fully saturated rings. The van der Waals surface area contributed by atoms with Gasteiger partial charge in [0, 0.05) is 12.6 Å². The fourth-order valence-corrected chi connectivity index (χ4v) is 1.99. The molecule has 0 heterocycles. The van der Waals surface area contributed by atoms with Crippen LogP contribution in [0.25, 0.3) is 11.1 Å². The number of anilines is 1. The van der Waals surface area contributed by atoms with Crippen LogP contribution in [0.5, 0.6) is 0 Å². The van der Waals surface area contributed by atoms with Crippen molar-refractivity contribution in [3.05, 3.63) is 54.1 Å². The quantitative estimate of drug-likeness (QED) is 0.874. The molecule has 21 heavy (non-hydrogen) atoms. The van der Waals surface area contributed by atoms with E-state index in [1.54, 1.807) is 19.1 Å². The van der Waals surface area contributed by atoms with Gasteiger partial charge in [0.2, 0.25) is 5.91 Å². The van der Waals surface area contributed by atoms with E-state index >= 15 is 0 Å². The molecule has 0 radical (unpaired) electrons. The lowest BCUT2D eigenvalue weighted by molar-refractivity contribution is -0.114. The summed E-state index contributed by atoms with van der Waals surface area (Å²) in [5.41, 5.74) is 3.21. The summed E-state index contributed by atoms with van der Waals surface area (Å²) in [6.45, 7) is 3.61. The van der Waals surface area contributed by atoms with E-state index < -0.39 is 0 Å². The molecule has 0 spiro atoms. The molecule has 0 aliphatic heterocycles. The second kappa shape index (κ2) is 6.70. The maximum absolute atomic E-state index is 11.6. The molecule has 2 aromatic carbocycles. The third-order valence-electron chi connectivity index (χ3n) is 2.91. The predicted molar refractivity (Wildman–Crippen MR) is 82.1 cm³/mol. The molecule has 0 aromatic heterocycles. The molecule has 0 saturated carbocycles. The number of hydrogen-bond donors (Lipinski definition) is 1. The lowest BCUT2D eigenvalue weighted by Gasteiger charge is -2.07. The van der Waals surface area contributed by atoms with E-state index in [0.717, 1.165) is 16.8 Å². The molecule has 0 aliphatic carbocycles. The largest absolute Gasteiger partial charge is 0.462 e. The minimum atomic E-state index is -0.323. The number of hydrogen-bond acceptors (Lipinski definition) is 3. The van der Waals surface area contributed by atoms with E-state index in [1.807, 2.05) is 36.4 Å². The number of carbonyl (C=O) groups is 2. The van der Waals surface area contributed by atoms with Crippen LogP contribution in [0, 0.1) is 0 Å². The van der Waals surface area contributed by atoms with Gasteiger partial charge in [-0.15, -0.1) is 0 Å². The second-order valence-corrected chi connectivity index (χ2v) is 4.56. The predicted octanol–water partition coefficient (Wildman–Crippen LogP) is 3.49. The van der Waals surface area contributed by atoms with Gasteiger partial charge in [0.1, 0.15) is 0 Å². The summed E-state index contributed by atoms with van der Waals surface area (Å²) in [4.78, 5) is 22.7. The van der Waals surface area contributed by atoms with Crippen LogP contribution in [0.3, 0.4) is 0 Å². The maximum atomic E-state index is 11.6. The van der Waals surface area contributed by atoms with Gasteiger partial charge >= 0.3 is 5.97 Å². The van der Waals surface area contributed by atoms with E-state index in [0.29, 0.717) is 12.2 Å². The number of amides is 1. The standard InChI is InChI=1S/C17H17NO3/c1-3-21-17(20)14-9-7-13(8-10-14)15-5-4-6-16(11-15)18-12(2)19/h4-11H,3H2,1-2H3,(H,18,19). The summed E-state index contributed by atoms with van der Waals surface area (Å²) in [5.74, 6) is -0.430. The second-order valence-electron chi connectivity index (χ2n) is 4.56. The molecular weight excluding hydrogens is 266 g/mol. The van der Waals surface area contributed by atoms with Crippen molar-refractivity contribution in [2.45, 2.75) is 13.8 Å². The van der Waals surface area contributed by atoms with Gasteiger partial charge in [-0.1, -0.05) is 24.3 Å². The highest BCUT2D eigenvalue weighted by atomic mass is 16.5. The van der Waals surface area contributed by atoms with Crippen molar-refractivity contribution in [1.82, 2.24) is 0 Å². The van der Waals surface area contributed by atoms with Crippen molar-refractivity contribution in [3.63, 3.8) is 0 Å². The van der Waals surface area contributed by atoms with E-state index in [4.69, 9.17) is 4.74 Å². The molecule has 0 bridgehead atoms. The van der Waals surface area contributed by atoms with Gasteiger partial charge in [-0.25, -0.2) is 4.79 Å². The molecule has 0 saturated heterocycles. The molecule has 0 aliphatic rings. The zero-order valence-electron chi connectivity index (χ0n) is 12.1. The average Bonchev–Trinajstić information content (AvgIpc) is 2.47. The minimum absolute atomic E-state index is 0.107. The zero-order valence-corrected chi connectivity index (χ0v) is 12.1. The Hall–Kier alpha value is -2.62. The third-order valence-corrected chi connectivity index (χ3v) is 2.91. The Bertz CT molecular complexity index is 647. The van der Waals surface area contributed by atoms with Crippen LogP contribution in [0.1, 0.15) is 24.2 Å². The SMILES string of the molecule is CCOC(=O)c1ccc(-c2cccc(NC(C)=O)c2)cc1. The zero-order chi connectivity index (χ0) is 15.2. The first-order valence-corrected chi connectivity index (χ1v) is 6.75. The molecule has 0 unspecified atom stereocenters. The van der Waals surface area contributed by atoms with Gasteiger partial charge in [0.25, 0.3) is 0 Å². The molecule has 2 rings (SSSR count). The molecule has 1 N–H and O–H groups in total. The summed E-state index contributed by atoms with van der Waals surface area (Å²) < 4.78 is 4.95. The Morgan fingerprint density at radius 1 is 1.05 bits per heavy atom. The van der Waals surface area contributed by atoms with Crippen molar-refractivity contribution in [3.8, 4) is 11.1 Å². The normalized spacial score (nSPS) is 10.0. The summed E-state index contributed by atoms with van der Waals surface area (Å²) in [7, 11) is 0. The summed E-state index contributed by atoms with van der Waals surface area (Å²) in [5, 5.41) is 2.75. The average molecular weight is 283 g/mol. The lowest BCUT2D eigenvalue weighted by atomic mass is 10.0. The van der Waals surface area contributed by atoms with Crippen molar-refractivity contribution < 1.29 is 14.3 Å². The van der Waals surface area contributed by atoms with Gasteiger partial charge in [0.05, 0.1) is 12.2 Å². The fraction of sp³-hybridized carbons (Fsp3) is 0.176. The van der Waals surface area contributed by atoms with Crippen LogP contribution in [0.2, 0.25) is 0 Å². The van der Waals surface area contributed by atoms with Crippen LogP contribution in [-0.2, 0) is 9.53 Å². The number of rotatable bonds is 4. The lowest BCUT2D eigenvalue weighted by Crippen LogP contribution is -2.05. The van der Waals surface area contributed by atoms with Gasteiger partial charge in [-0.2, -0.15) is 0 Å². The van der Waals surface area contributed by atoms with Crippen LogP contribution in [0.4, 0.5) is 5.69 Å². The maximum Gasteiger partial charge on any atom is 0.338 e. The van der Waals surface area contributed by atoms with Gasteiger partial charge in [0.15, 0.2) is 0 Å². The molecule has 2 aromatic rings. The molecule has 108 valence electrons. The Balaban J connectivity index is 2.22. The Labute approximate surface area is 123 Å². The van der Waals surface area contributed by atoms with Gasteiger partial charge in [-0.3, -0.25) is 4.79 Å². The Morgan fingerprint density at radius 3 is 2.38 bits per heavy atom. The van der Waals surface area contributed by atoms with E-state index in [-0.39, 0.29) is 11.9 Å². The number of esters is 1. The Morgan fingerprint density at radius 2 is 1.76 bits per heavy atom. The smallest absolute Gasteiger partial charge is 0.338 e. The minimum Gasteiger partial charge on any atom is -0.462 e. The van der Waals surface area contributed by atoms with Crippen LogP contribution < -0.4 is 5.32 Å². The molecular formula is C17H17NO3.